The van der Waals surface area contributed by atoms with E-state index in [0.717, 1.165) is 12.2 Å². The smallest absolute Gasteiger partial charge is 0.156 e. The zero-order valence-corrected chi connectivity index (χ0v) is 12.2. The van der Waals surface area contributed by atoms with Crippen LogP contribution in [0, 0.1) is 5.82 Å². The Kier molecular flexibility index (Phi) is 3.53. The average molecular weight is 338 g/mol. The SMILES string of the molecule is Nc1cc(F)cc(Br)c1OCC1Cc2ccccc2O1. The van der Waals surface area contributed by atoms with Crippen molar-refractivity contribution in [2.24, 2.45) is 0 Å². The van der Waals surface area contributed by atoms with Gasteiger partial charge in [-0.3, -0.25) is 0 Å². The second-order valence-electron chi connectivity index (χ2n) is 4.67. The van der Waals surface area contributed by atoms with Crippen molar-refractivity contribution in [2.45, 2.75) is 12.5 Å². The second-order valence-corrected chi connectivity index (χ2v) is 5.52. The minimum Gasteiger partial charge on any atom is -0.486 e. The molecule has 3 nitrogen and oxygen atoms in total. The summed E-state index contributed by atoms with van der Waals surface area (Å²) in [5, 5.41) is 0. The molecule has 2 aromatic carbocycles. The number of anilines is 1. The Morgan fingerprint density at radius 1 is 1.35 bits per heavy atom. The summed E-state index contributed by atoms with van der Waals surface area (Å²) in [5.41, 5.74) is 7.20. The number of nitrogen functional groups attached to an aromatic ring is 1. The van der Waals surface area contributed by atoms with Crippen LogP contribution in [0.5, 0.6) is 11.5 Å². The minimum atomic E-state index is -0.397. The largest absolute Gasteiger partial charge is 0.486 e. The molecule has 2 aromatic rings. The van der Waals surface area contributed by atoms with Crippen molar-refractivity contribution in [3.8, 4) is 11.5 Å². The molecule has 0 radical (unpaired) electrons. The summed E-state index contributed by atoms with van der Waals surface area (Å²) >= 11 is 3.25. The average Bonchev–Trinajstić information content (AvgIpc) is 2.80. The standard InChI is InChI=1S/C15H13BrFNO2/c16-12-6-10(17)7-13(18)15(12)19-8-11-5-9-3-1-2-4-14(9)20-11/h1-4,6-7,11H,5,8,18H2. The Bertz CT molecular complexity index is 600. The first-order valence-corrected chi connectivity index (χ1v) is 7.04. The van der Waals surface area contributed by atoms with Crippen molar-refractivity contribution in [2.75, 3.05) is 12.3 Å². The molecule has 0 aliphatic carbocycles. The maximum absolute atomic E-state index is 13.1. The number of benzene rings is 2. The van der Waals surface area contributed by atoms with Crippen LogP contribution in [0.3, 0.4) is 0 Å². The molecule has 20 heavy (non-hydrogen) atoms. The van der Waals surface area contributed by atoms with E-state index in [1.807, 2.05) is 24.3 Å². The lowest BCUT2D eigenvalue weighted by molar-refractivity contribution is 0.148. The van der Waals surface area contributed by atoms with Gasteiger partial charge in [-0.05, 0) is 33.6 Å². The quantitative estimate of drug-likeness (QED) is 0.871. The molecule has 2 N–H and O–H groups in total. The lowest BCUT2D eigenvalue weighted by Gasteiger charge is -2.15. The fourth-order valence-corrected chi connectivity index (χ4v) is 2.82. The van der Waals surface area contributed by atoms with Gasteiger partial charge in [0.25, 0.3) is 0 Å². The number of fused-ring (bicyclic) bond motifs is 1. The monoisotopic (exact) mass is 337 g/mol. The number of para-hydroxylation sites is 1. The number of ether oxygens (including phenoxy) is 2. The van der Waals surface area contributed by atoms with E-state index in [4.69, 9.17) is 15.2 Å². The number of hydrogen-bond acceptors (Lipinski definition) is 3. The molecule has 104 valence electrons. The summed E-state index contributed by atoms with van der Waals surface area (Å²) in [6.07, 6.45) is 0.748. The van der Waals surface area contributed by atoms with Gasteiger partial charge in [0.15, 0.2) is 5.75 Å². The first-order chi connectivity index (χ1) is 9.63. The first-order valence-electron chi connectivity index (χ1n) is 6.25. The van der Waals surface area contributed by atoms with Crippen LogP contribution >= 0.6 is 15.9 Å². The Hall–Kier alpha value is -1.75. The predicted molar refractivity (Wildman–Crippen MR) is 78.6 cm³/mol. The van der Waals surface area contributed by atoms with Crippen molar-refractivity contribution >= 4 is 21.6 Å². The van der Waals surface area contributed by atoms with Gasteiger partial charge in [0.1, 0.15) is 24.3 Å². The van der Waals surface area contributed by atoms with Crippen molar-refractivity contribution in [1.82, 2.24) is 0 Å². The van der Waals surface area contributed by atoms with Gasteiger partial charge in [-0.1, -0.05) is 18.2 Å². The molecule has 0 spiro atoms. The Balaban J connectivity index is 1.67. The maximum Gasteiger partial charge on any atom is 0.156 e. The predicted octanol–water partition coefficient (Wildman–Crippen LogP) is 3.55. The Labute approximate surface area is 124 Å². The van der Waals surface area contributed by atoms with Gasteiger partial charge < -0.3 is 15.2 Å². The van der Waals surface area contributed by atoms with Gasteiger partial charge in [-0.2, -0.15) is 0 Å². The molecule has 0 bridgehead atoms. The third kappa shape index (κ3) is 2.58. The molecule has 1 unspecified atom stereocenters. The van der Waals surface area contributed by atoms with Crippen molar-refractivity contribution in [3.05, 3.63) is 52.3 Å². The molecule has 0 aromatic heterocycles. The molecule has 0 fully saturated rings. The van der Waals surface area contributed by atoms with Crippen molar-refractivity contribution in [1.29, 1.82) is 0 Å². The summed E-state index contributed by atoms with van der Waals surface area (Å²) in [6, 6.07) is 10.5. The molecular weight excluding hydrogens is 325 g/mol. The van der Waals surface area contributed by atoms with E-state index < -0.39 is 5.82 Å². The number of nitrogens with two attached hydrogens (primary N) is 1. The van der Waals surface area contributed by atoms with Crippen molar-refractivity contribution in [3.63, 3.8) is 0 Å². The minimum absolute atomic E-state index is 0.0521. The molecule has 1 aliphatic rings. The second kappa shape index (κ2) is 5.32. The Morgan fingerprint density at radius 3 is 2.90 bits per heavy atom. The van der Waals surface area contributed by atoms with Crippen LogP contribution in [-0.4, -0.2) is 12.7 Å². The summed E-state index contributed by atoms with van der Waals surface area (Å²) in [7, 11) is 0. The summed E-state index contributed by atoms with van der Waals surface area (Å²) < 4.78 is 25.1. The van der Waals surface area contributed by atoms with Crippen LogP contribution in [0.25, 0.3) is 0 Å². The number of hydrogen-bond donors (Lipinski definition) is 1. The van der Waals surface area contributed by atoms with E-state index in [0.29, 0.717) is 16.8 Å². The topological polar surface area (TPSA) is 44.5 Å². The highest BCUT2D eigenvalue weighted by molar-refractivity contribution is 9.10. The molecule has 0 saturated carbocycles. The summed E-state index contributed by atoms with van der Waals surface area (Å²) in [6.45, 7) is 0.364. The molecule has 3 rings (SSSR count). The summed E-state index contributed by atoms with van der Waals surface area (Å²) in [5.74, 6) is 0.949. The lowest BCUT2D eigenvalue weighted by Crippen LogP contribution is -2.22. The van der Waals surface area contributed by atoms with Crippen LogP contribution in [0.2, 0.25) is 0 Å². The van der Waals surface area contributed by atoms with Gasteiger partial charge in [0, 0.05) is 12.5 Å². The number of rotatable bonds is 3. The van der Waals surface area contributed by atoms with Crippen LogP contribution in [-0.2, 0) is 6.42 Å². The fraction of sp³-hybridized carbons (Fsp3) is 0.200. The van der Waals surface area contributed by atoms with E-state index in [9.17, 15) is 4.39 Å². The van der Waals surface area contributed by atoms with E-state index in [2.05, 4.69) is 15.9 Å². The zero-order chi connectivity index (χ0) is 14.1. The molecule has 1 aliphatic heterocycles. The maximum atomic E-state index is 13.1. The van der Waals surface area contributed by atoms with E-state index >= 15 is 0 Å². The summed E-state index contributed by atoms with van der Waals surface area (Å²) in [4.78, 5) is 0. The molecule has 5 heteroatoms. The molecule has 1 atom stereocenters. The molecule has 1 heterocycles. The number of halogens is 2. The van der Waals surface area contributed by atoms with Gasteiger partial charge in [-0.15, -0.1) is 0 Å². The van der Waals surface area contributed by atoms with E-state index in [1.165, 1.54) is 17.7 Å². The van der Waals surface area contributed by atoms with Crippen LogP contribution < -0.4 is 15.2 Å². The fourth-order valence-electron chi connectivity index (χ4n) is 2.26. The molecule has 0 saturated heterocycles. The third-order valence-corrected chi connectivity index (χ3v) is 3.75. The molecule has 0 amide bonds. The normalized spacial score (nSPS) is 16.6. The van der Waals surface area contributed by atoms with E-state index in [-0.39, 0.29) is 11.8 Å². The highest BCUT2D eigenvalue weighted by Gasteiger charge is 2.23. The highest BCUT2D eigenvalue weighted by atomic mass is 79.9. The van der Waals surface area contributed by atoms with Crippen LogP contribution in [0.4, 0.5) is 10.1 Å². The Morgan fingerprint density at radius 2 is 2.15 bits per heavy atom. The van der Waals surface area contributed by atoms with Gasteiger partial charge in [0.05, 0.1) is 10.2 Å². The van der Waals surface area contributed by atoms with Crippen LogP contribution in [0.1, 0.15) is 5.56 Å². The lowest BCUT2D eigenvalue weighted by atomic mass is 10.1. The third-order valence-electron chi connectivity index (χ3n) is 3.16. The van der Waals surface area contributed by atoms with Gasteiger partial charge >= 0.3 is 0 Å². The first kappa shape index (κ1) is 13.2. The van der Waals surface area contributed by atoms with Gasteiger partial charge in [0.2, 0.25) is 0 Å². The van der Waals surface area contributed by atoms with Crippen molar-refractivity contribution < 1.29 is 13.9 Å². The van der Waals surface area contributed by atoms with E-state index in [1.54, 1.807) is 0 Å². The highest BCUT2D eigenvalue weighted by Crippen LogP contribution is 2.34. The zero-order valence-electron chi connectivity index (χ0n) is 10.6. The van der Waals surface area contributed by atoms with Gasteiger partial charge in [-0.25, -0.2) is 4.39 Å². The van der Waals surface area contributed by atoms with Crippen LogP contribution in [0.15, 0.2) is 40.9 Å². The molecular formula is C15H13BrFNO2.